The van der Waals surface area contributed by atoms with E-state index >= 15 is 0 Å². The van der Waals surface area contributed by atoms with Crippen LogP contribution in [0.3, 0.4) is 0 Å². The van der Waals surface area contributed by atoms with Crippen molar-refractivity contribution in [2.45, 2.75) is 37.2 Å². The molecule has 1 unspecified atom stereocenters. The first-order valence-corrected chi connectivity index (χ1v) is 12.8. The van der Waals surface area contributed by atoms with Gasteiger partial charge >= 0.3 is 0 Å². The smallest absolute Gasteiger partial charge is 0.244 e. The monoisotopic (exact) mass is 476 g/mol. The number of para-hydroxylation sites is 1. The first-order valence-electron chi connectivity index (χ1n) is 11.0. The number of halogens is 1. The van der Waals surface area contributed by atoms with Crippen LogP contribution in [0.2, 0.25) is 5.02 Å². The molecular formula is C27H25ClN2O2S. The maximum atomic E-state index is 14.1. The van der Waals surface area contributed by atoms with E-state index in [9.17, 15) is 8.42 Å². The van der Waals surface area contributed by atoms with Crippen LogP contribution >= 0.6 is 11.6 Å². The van der Waals surface area contributed by atoms with Crippen LogP contribution in [0.25, 0.3) is 5.69 Å². The summed E-state index contributed by atoms with van der Waals surface area (Å²) in [4.78, 5) is 0.288. The van der Waals surface area contributed by atoms with E-state index in [1.54, 1.807) is 22.5 Å². The van der Waals surface area contributed by atoms with Gasteiger partial charge in [-0.15, -0.1) is 0 Å². The Morgan fingerprint density at radius 3 is 2.39 bits per heavy atom. The van der Waals surface area contributed by atoms with Crippen LogP contribution in [0.5, 0.6) is 0 Å². The van der Waals surface area contributed by atoms with Gasteiger partial charge in [0.2, 0.25) is 10.0 Å². The van der Waals surface area contributed by atoms with E-state index in [0.717, 1.165) is 28.1 Å². The predicted octanol–water partition coefficient (Wildman–Crippen LogP) is 6.55. The maximum absolute atomic E-state index is 14.1. The molecule has 1 atom stereocenters. The summed E-state index contributed by atoms with van der Waals surface area (Å²) >= 11 is 6.35. The fraction of sp³-hybridized carbons (Fsp3) is 0.185. The molecule has 33 heavy (non-hydrogen) atoms. The molecule has 0 bridgehead atoms. The zero-order chi connectivity index (χ0) is 23.2. The second kappa shape index (κ2) is 8.49. The Morgan fingerprint density at radius 1 is 0.909 bits per heavy atom. The lowest BCUT2D eigenvalue weighted by molar-refractivity contribution is 0.353. The molecule has 0 spiro atoms. The van der Waals surface area contributed by atoms with Crippen molar-refractivity contribution >= 4 is 21.6 Å². The van der Waals surface area contributed by atoms with Crippen molar-refractivity contribution in [2.24, 2.45) is 0 Å². The van der Waals surface area contributed by atoms with Crippen molar-refractivity contribution in [3.05, 3.63) is 119 Å². The number of nitrogens with zero attached hydrogens (tertiary/aromatic N) is 2. The zero-order valence-corrected chi connectivity index (χ0v) is 20.1. The van der Waals surface area contributed by atoms with E-state index in [2.05, 4.69) is 18.4 Å². The van der Waals surface area contributed by atoms with Crippen molar-refractivity contribution < 1.29 is 8.42 Å². The van der Waals surface area contributed by atoms with Gasteiger partial charge in [-0.1, -0.05) is 67.9 Å². The lowest BCUT2D eigenvalue weighted by Crippen LogP contribution is -2.34. The Kier molecular flexibility index (Phi) is 5.65. The molecule has 6 heteroatoms. The standard InChI is InChI=1S/C27H25ClN2O2S/c1-19(2)20-12-14-24(15-13-20)33(31,32)30-18-22-7-3-4-10-25(22)29-16-6-11-26(29)27(30)21-8-5-9-23(28)17-21/h3-17,19,27H,18H2,1-2H3. The van der Waals surface area contributed by atoms with Gasteiger partial charge in [0.15, 0.2) is 0 Å². The molecule has 0 amide bonds. The quantitative estimate of drug-likeness (QED) is 0.335. The highest BCUT2D eigenvalue weighted by Crippen LogP contribution is 2.40. The number of fused-ring (bicyclic) bond motifs is 3. The van der Waals surface area contributed by atoms with Crippen molar-refractivity contribution in [3.8, 4) is 5.69 Å². The van der Waals surface area contributed by atoms with Gasteiger partial charge in [-0.25, -0.2) is 8.42 Å². The zero-order valence-electron chi connectivity index (χ0n) is 18.5. The fourth-order valence-corrected chi connectivity index (χ4v) is 6.29. The molecule has 0 fully saturated rings. The topological polar surface area (TPSA) is 42.3 Å². The molecule has 4 aromatic rings. The number of rotatable bonds is 4. The van der Waals surface area contributed by atoms with E-state index in [1.165, 1.54) is 0 Å². The minimum Gasteiger partial charge on any atom is -0.319 e. The van der Waals surface area contributed by atoms with Gasteiger partial charge in [-0.3, -0.25) is 0 Å². The summed E-state index contributed by atoms with van der Waals surface area (Å²) in [5, 5.41) is 0.575. The van der Waals surface area contributed by atoms with E-state index in [-0.39, 0.29) is 11.4 Å². The molecule has 0 radical (unpaired) electrons. The molecular weight excluding hydrogens is 452 g/mol. The van der Waals surface area contributed by atoms with Crippen molar-refractivity contribution in [1.29, 1.82) is 0 Å². The van der Waals surface area contributed by atoms with Crippen LogP contribution in [0.15, 0.2) is 96.0 Å². The second-order valence-electron chi connectivity index (χ2n) is 8.66. The Morgan fingerprint density at radius 2 is 1.67 bits per heavy atom. The molecule has 1 aromatic heterocycles. The summed E-state index contributed by atoms with van der Waals surface area (Å²) in [7, 11) is -3.82. The Balaban J connectivity index is 1.73. The van der Waals surface area contributed by atoms with Gasteiger partial charge in [0.1, 0.15) is 0 Å². The van der Waals surface area contributed by atoms with Gasteiger partial charge in [0, 0.05) is 29.1 Å². The van der Waals surface area contributed by atoms with Gasteiger partial charge in [-0.2, -0.15) is 4.31 Å². The summed E-state index contributed by atoms with van der Waals surface area (Å²) < 4.78 is 31.9. The van der Waals surface area contributed by atoms with Crippen LogP contribution in [-0.2, 0) is 16.6 Å². The van der Waals surface area contributed by atoms with Gasteiger partial charge in [-0.05, 0) is 65.1 Å². The fourth-order valence-electron chi connectivity index (χ4n) is 4.52. The summed E-state index contributed by atoms with van der Waals surface area (Å²) in [5.74, 6) is 0.328. The highest BCUT2D eigenvalue weighted by Gasteiger charge is 2.38. The minimum atomic E-state index is -3.82. The lowest BCUT2D eigenvalue weighted by Gasteiger charge is -2.30. The summed E-state index contributed by atoms with van der Waals surface area (Å²) in [5.41, 5.74) is 4.75. The summed E-state index contributed by atoms with van der Waals surface area (Å²) in [6.45, 7) is 4.44. The highest BCUT2D eigenvalue weighted by atomic mass is 35.5. The van der Waals surface area contributed by atoms with Crippen LogP contribution < -0.4 is 0 Å². The van der Waals surface area contributed by atoms with Crippen LogP contribution in [0.1, 0.15) is 48.2 Å². The first kappa shape index (κ1) is 22.0. The third-order valence-corrected chi connectivity index (χ3v) is 8.30. The average Bonchev–Trinajstić information content (AvgIpc) is 3.23. The van der Waals surface area contributed by atoms with Crippen molar-refractivity contribution in [3.63, 3.8) is 0 Å². The lowest BCUT2D eigenvalue weighted by atomic mass is 10.0. The molecule has 168 valence electrons. The Hall–Kier alpha value is -2.86. The van der Waals surface area contributed by atoms with Crippen LogP contribution in [-0.4, -0.2) is 17.3 Å². The molecule has 1 aliphatic heterocycles. The number of aromatic nitrogens is 1. The Bertz CT molecular complexity index is 1410. The minimum absolute atomic E-state index is 0.253. The average molecular weight is 477 g/mol. The van der Waals surface area contributed by atoms with Crippen molar-refractivity contribution in [1.82, 2.24) is 8.87 Å². The summed E-state index contributed by atoms with van der Waals surface area (Å²) in [6.07, 6.45) is 1.99. The van der Waals surface area contributed by atoms with Crippen LogP contribution in [0.4, 0.5) is 0 Å². The molecule has 4 nitrogen and oxygen atoms in total. The molecule has 0 saturated heterocycles. The molecule has 1 aliphatic rings. The molecule has 2 heterocycles. The largest absolute Gasteiger partial charge is 0.319 e. The molecule has 3 aromatic carbocycles. The van der Waals surface area contributed by atoms with Gasteiger partial charge < -0.3 is 4.57 Å². The SMILES string of the molecule is CC(C)c1ccc(S(=O)(=O)N2Cc3ccccc3-n3cccc3C2c2cccc(Cl)c2)cc1. The number of sulfonamides is 1. The number of hydrogen-bond acceptors (Lipinski definition) is 2. The van der Waals surface area contributed by atoms with E-state index in [1.807, 2.05) is 72.9 Å². The highest BCUT2D eigenvalue weighted by molar-refractivity contribution is 7.89. The number of benzene rings is 3. The number of hydrogen-bond donors (Lipinski definition) is 0. The van der Waals surface area contributed by atoms with E-state index < -0.39 is 16.1 Å². The predicted molar refractivity (Wildman–Crippen MR) is 132 cm³/mol. The summed E-state index contributed by atoms with van der Waals surface area (Å²) in [6, 6.07) is 26.1. The normalized spacial score (nSPS) is 16.3. The van der Waals surface area contributed by atoms with E-state index in [0.29, 0.717) is 10.9 Å². The van der Waals surface area contributed by atoms with Gasteiger partial charge in [0.25, 0.3) is 0 Å². The Labute approximate surface area is 200 Å². The van der Waals surface area contributed by atoms with Gasteiger partial charge in [0.05, 0.1) is 10.9 Å². The second-order valence-corrected chi connectivity index (χ2v) is 11.0. The van der Waals surface area contributed by atoms with Crippen molar-refractivity contribution in [2.75, 3.05) is 0 Å². The third kappa shape index (κ3) is 3.90. The third-order valence-electron chi connectivity index (χ3n) is 6.24. The molecule has 0 saturated carbocycles. The van der Waals surface area contributed by atoms with E-state index in [4.69, 9.17) is 11.6 Å². The molecule has 5 rings (SSSR count). The first-order chi connectivity index (χ1) is 15.9. The maximum Gasteiger partial charge on any atom is 0.244 e. The molecule has 0 aliphatic carbocycles. The molecule has 0 N–H and O–H groups in total. The van der Waals surface area contributed by atoms with Crippen LogP contribution in [0, 0.1) is 0 Å².